The van der Waals surface area contributed by atoms with Crippen molar-refractivity contribution in [3.63, 3.8) is 0 Å². The summed E-state index contributed by atoms with van der Waals surface area (Å²) in [5.74, 6) is 0. The van der Waals surface area contributed by atoms with Gasteiger partial charge in [0.25, 0.3) is 0 Å². The molecule has 0 heterocycles. The number of hydrazine groups is 1. The molecule has 0 aliphatic heterocycles. The molecule has 7 nitrogen and oxygen atoms in total. The molecule has 10 heavy (non-hydrogen) atoms. The van der Waals surface area contributed by atoms with Gasteiger partial charge in [-0.1, -0.05) is 0 Å². The molecule has 4 N–H and O–H groups in total. The Morgan fingerprint density at radius 2 is 1.90 bits per heavy atom. The third-order valence-corrected chi connectivity index (χ3v) is 0.651. The minimum atomic E-state index is -4.63. The van der Waals surface area contributed by atoms with Gasteiger partial charge in [-0.05, 0) is 0 Å². The molecule has 0 bridgehead atoms. The van der Waals surface area contributed by atoms with E-state index >= 15 is 0 Å². The van der Waals surface area contributed by atoms with Gasteiger partial charge in [-0.25, -0.2) is 13.2 Å². The molecule has 54 valence electrons. The van der Waals surface area contributed by atoms with E-state index in [1.165, 1.54) is 5.43 Å². The molecule has 2 amide bonds. The third-order valence-electron chi connectivity index (χ3n) is 0.299. The number of nitrogens with one attached hydrogen (secondary N) is 2. The molecule has 0 unspecified atom stereocenters. The van der Waals surface area contributed by atoms with Crippen LogP contribution < -0.4 is 45.5 Å². The Morgan fingerprint density at radius 3 is 2.00 bits per heavy atom. The van der Waals surface area contributed by atoms with Crippen molar-refractivity contribution >= 4 is 16.3 Å². The van der Waals surface area contributed by atoms with Crippen molar-refractivity contribution in [3.05, 3.63) is 0 Å². The Hall–Kier alpha value is 0.140. The van der Waals surface area contributed by atoms with E-state index in [1.807, 2.05) is 0 Å². The summed E-state index contributed by atoms with van der Waals surface area (Å²) in [6.07, 6.45) is 0. The van der Waals surface area contributed by atoms with Gasteiger partial charge in [0.05, 0.1) is 0 Å². The first kappa shape index (κ1) is 12.8. The molecular weight excluding hydrogens is 173 g/mol. The average molecular weight is 177 g/mol. The van der Waals surface area contributed by atoms with Gasteiger partial charge in [-0.3, -0.25) is 5.43 Å². The molecule has 0 aliphatic carbocycles. The van der Waals surface area contributed by atoms with Gasteiger partial charge in [0, 0.05) is 0 Å². The first-order chi connectivity index (χ1) is 3.92. The predicted octanol–water partition coefficient (Wildman–Crippen LogP) is -5.38. The predicted molar refractivity (Wildman–Crippen MR) is 25.6 cm³/mol. The maximum Gasteiger partial charge on any atom is 1.00 e. The molecule has 0 aliphatic rings. The molecule has 0 aromatic rings. The maximum atomic E-state index is 9.69. The van der Waals surface area contributed by atoms with Crippen LogP contribution >= 0.6 is 0 Å². The van der Waals surface area contributed by atoms with E-state index in [4.69, 9.17) is 0 Å². The first-order valence-electron chi connectivity index (χ1n) is 1.70. The molecule has 0 rings (SSSR count). The average Bonchev–Trinajstić information content (AvgIpc) is 1.59. The van der Waals surface area contributed by atoms with E-state index in [2.05, 4.69) is 5.73 Å². The van der Waals surface area contributed by atoms with Gasteiger partial charge >= 0.3 is 35.6 Å². The van der Waals surface area contributed by atoms with Crippen molar-refractivity contribution in [3.8, 4) is 0 Å². The Morgan fingerprint density at radius 1 is 1.50 bits per heavy atom. The van der Waals surface area contributed by atoms with Crippen molar-refractivity contribution < 1.29 is 47.3 Å². The van der Waals surface area contributed by atoms with Crippen LogP contribution in [-0.2, 0) is 10.3 Å². The summed E-state index contributed by atoms with van der Waals surface area (Å²) in [4.78, 5) is 10.8. The number of hydrogen-bond acceptors (Lipinski definition) is 4. The minimum absolute atomic E-state index is 0. The molecule has 0 aromatic carbocycles. The Bertz CT molecular complexity index is 199. The number of primary amides is 1. The summed E-state index contributed by atoms with van der Waals surface area (Å²) < 4.78 is 28.8. The molecule has 0 spiro atoms. The van der Waals surface area contributed by atoms with Crippen LogP contribution in [0.3, 0.4) is 0 Å². The molecule has 0 atom stereocenters. The summed E-state index contributed by atoms with van der Waals surface area (Å²) in [6, 6.07) is -1.14. The van der Waals surface area contributed by atoms with E-state index in [-0.39, 0.29) is 29.6 Å². The molecule has 0 saturated heterocycles. The normalized spacial score (nSPS) is 9.70. The monoisotopic (exact) mass is 177 g/mol. The second-order valence-electron chi connectivity index (χ2n) is 1.05. The quantitative estimate of drug-likeness (QED) is 0.221. The molecule has 0 fully saturated rings. The first-order valence-corrected chi connectivity index (χ1v) is 3.11. The standard InChI is InChI=1S/CH5N3O4S.Na/c2-1(5)3-4-9(6,7)8;/h4H,(H3,2,3,5)(H,6,7,8);/q;+1/p-1. The van der Waals surface area contributed by atoms with Gasteiger partial charge in [0.15, 0.2) is 10.3 Å². The van der Waals surface area contributed by atoms with Crippen LogP contribution in [0, 0.1) is 0 Å². The van der Waals surface area contributed by atoms with E-state index in [0.29, 0.717) is 0 Å². The Kier molecular flexibility index (Phi) is 6.24. The second-order valence-corrected chi connectivity index (χ2v) is 2.16. The van der Waals surface area contributed by atoms with Crippen LogP contribution in [0.2, 0.25) is 0 Å². The van der Waals surface area contributed by atoms with Crippen LogP contribution in [0.1, 0.15) is 0 Å². The second kappa shape index (κ2) is 4.88. The fraction of sp³-hybridized carbons (Fsp3) is 0. The fourth-order valence-electron chi connectivity index (χ4n) is 0.113. The summed E-state index contributed by atoms with van der Waals surface area (Å²) >= 11 is 0. The number of nitrogens with two attached hydrogens (primary N) is 1. The fourth-order valence-corrected chi connectivity index (χ4v) is 0.338. The van der Waals surface area contributed by atoms with Crippen molar-refractivity contribution in [2.45, 2.75) is 0 Å². The van der Waals surface area contributed by atoms with E-state index in [9.17, 15) is 17.8 Å². The molecule has 9 heteroatoms. The van der Waals surface area contributed by atoms with Crippen molar-refractivity contribution in [1.29, 1.82) is 0 Å². The van der Waals surface area contributed by atoms with Crippen LogP contribution in [0.5, 0.6) is 0 Å². The smallest absolute Gasteiger partial charge is 0.734 e. The summed E-state index contributed by atoms with van der Waals surface area (Å²) in [5, 5.41) is 0. The van der Waals surface area contributed by atoms with Gasteiger partial charge in [0.1, 0.15) is 0 Å². The van der Waals surface area contributed by atoms with Gasteiger partial charge in [-0.2, -0.15) is 0 Å². The molecule has 0 radical (unpaired) electrons. The summed E-state index contributed by atoms with van der Waals surface area (Å²) in [5.41, 5.74) is 5.76. The largest absolute Gasteiger partial charge is 1.00 e. The third kappa shape index (κ3) is 11.0. The Balaban J connectivity index is 0. The number of urea groups is 1. The van der Waals surface area contributed by atoms with Gasteiger partial charge < -0.3 is 10.3 Å². The zero-order chi connectivity index (χ0) is 7.49. The van der Waals surface area contributed by atoms with Crippen molar-refractivity contribution in [2.24, 2.45) is 5.73 Å². The summed E-state index contributed by atoms with van der Waals surface area (Å²) in [7, 11) is -4.63. The number of rotatable bonds is 2. The maximum absolute atomic E-state index is 9.69. The molecule has 0 saturated carbocycles. The van der Waals surface area contributed by atoms with E-state index in [0.717, 1.165) is 4.83 Å². The van der Waals surface area contributed by atoms with E-state index < -0.39 is 16.3 Å². The Labute approximate surface area is 79.5 Å². The number of carbonyl (C=O) groups is 1. The number of hydrogen-bond donors (Lipinski definition) is 3. The molecule has 0 aromatic heterocycles. The molecular formula is CH4N3NaO4S. The topological polar surface area (TPSA) is 124 Å². The zero-order valence-corrected chi connectivity index (χ0v) is 7.94. The van der Waals surface area contributed by atoms with E-state index in [1.54, 1.807) is 0 Å². The van der Waals surface area contributed by atoms with Gasteiger partial charge in [-0.15, -0.1) is 4.83 Å². The van der Waals surface area contributed by atoms with Gasteiger partial charge in [0.2, 0.25) is 0 Å². The van der Waals surface area contributed by atoms with Crippen LogP contribution in [-0.4, -0.2) is 19.0 Å². The van der Waals surface area contributed by atoms with Crippen LogP contribution in [0.15, 0.2) is 0 Å². The van der Waals surface area contributed by atoms with Crippen LogP contribution in [0.25, 0.3) is 0 Å². The minimum Gasteiger partial charge on any atom is -0.734 e. The van der Waals surface area contributed by atoms with Crippen molar-refractivity contribution in [1.82, 2.24) is 10.3 Å². The summed E-state index contributed by atoms with van der Waals surface area (Å²) in [6.45, 7) is 0. The zero-order valence-electron chi connectivity index (χ0n) is 5.12. The SMILES string of the molecule is NC(=O)NNS(=O)(=O)[O-].[Na+]. The van der Waals surface area contributed by atoms with Crippen molar-refractivity contribution in [2.75, 3.05) is 0 Å². The van der Waals surface area contributed by atoms with Crippen LogP contribution in [0.4, 0.5) is 4.79 Å². The number of amides is 2. The number of carbonyl (C=O) groups excluding carboxylic acids is 1.